The molecule has 0 amide bonds. The van der Waals surface area contributed by atoms with Crippen molar-refractivity contribution in [3.63, 3.8) is 0 Å². The van der Waals surface area contributed by atoms with Crippen LogP contribution in [0.3, 0.4) is 0 Å². The molecular formula is C32H52O3. The molecule has 3 nitrogen and oxygen atoms in total. The Bertz CT molecular complexity index is 906. The van der Waals surface area contributed by atoms with Crippen LogP contribution in [0.15, 0.2) is 0 Å². The van der Waals surface area contributed by atoms with Gasteiger partial charge in [-0.15, -0.1) is 0 Å². The highest BCUT2D eigenvalue weighted by molar-refractivity contribution is 5.82. The van der Waals surface area contributed by atoms with E-state index in [9.17, 15) is 9.59 Å². The van der Waals surface area contributed by atoms with Crippen LogP contribution < -0.4 is 0 Å². The van der Waals surface area contributed by atoms with E-state index in [1.165, 1.54) is 44.9 Å². The van der Waals surface area contributed by atoms with E-state index in [1.54, 1.807) is 6.92 Å². The monoisotopic (exact) mass is 484 g/mol. The van der Waals surface area contributed by atoms with Crippen LogP contribution in [0, 0.1) is 56.2 Å². The lowest BCUT2D eigenvalue weighted by Crippen LogP contribution is -2.69. The summed E-state index contributed by atoms with van der Waals surface area (Å²) in [4.78, 5) is 25.1. The number of esters is 1. The fourth-order valence-corrected chi connectivity index (χ4v) is 11.4. The topological polar surface area (TPSA) is 43.4 Å². The third kappa shape index (κ3) is 3.41. The lowest BCUT2D eigenvalue weighted by Gasteiger charge is -2.75. The van der Waals surface area contributed by atoms with E-state index >= 15 is 0 Å². The number of fused-ring (bicyclic) bond motifs is 7. The predicted octanol–water partition coefficient (Wildman–Crippen LogP) is 8.00. The second-order valence-electron chi connectivity index (χ2n) is 15.8. The number of hydrogen-bond acceptors (Lipinski definition) is 3. The number of carbonyl (C=O) groups is 2. The minimum absolute atomic E-state index is 0.0137. The van der Waals surface area contributed by atoms with Gasteiger partial charge in [-0.05, 0) is 109 Å². The molecule has 5 rings (SSSR count). The van der Waals surface area contributed by atoms with Crippen LogP contribution in [-0.2, 0) is 14.3 Å². The number of rotatable bonds is 2. The summed E-state index contributed by atoms with van der Waals surface area (Å²) >= 11 is 0. The molecule has 9 unspecified atom stereocenters. The zero-order valence-electron chi connectivity index (χ0n) is 24.0. The van der Waals surface area contributed by atoms with Gasteiger partial charge in [-0.2, -0.15) is 0 Å². The molecule has 0 radical (unpaired) electrons. The van der Waals surface area contributed by atoms with Crippen molar-refractivity contribution in [2.24, 2.45) is 56.2 Å². The SMILES string of the molecule is CC(=O)OCC12CCC3(C)C4CC(C)(C)CCC4(C)CCC3(C)C1CCC1(C)C(C)C(=O)CCC12. The van der Waals surface area contributed by atoms with E-state index in [1.807, 2.05) is 0 Å². The third-order valence-electron chi connectivity index (χ3n) is 14.0. The molecule has 3 heteroatoms. The summed E-state index contributed by atoms with van der Waals surface area (Å²) in [6.07, 6.45) is 13.2. The normalized spacial score (nSPS) is 53.0. The summed E-state index contributed by atoms with van der Waals surface area (Å²) in [6.45, 7) is 19.7. The summed E-state index contributed by atoms with van der Waals surface area (Å²) in [5.74, 6) is 2.23. The first-order valence-electron chi connectivity index (χ1n) is 14.8. The van der Waals surface area contributed by atoms with Crippen LogP contribution in [0.2, 0.25) is 0 Å². The Morgan fingerprint density at radius 1 is 0.829 bits per heavy atom. The summed E-state index contributed by atoms with van der Waals surface area (Å²) in [5.41, 5.74) is 1.53. The number of hydrogen-bond donors (Lipinski definition) is 0. The number of Topliss-reactive ketones (excluding diaryl/α,β-unsaturated/α-hetero) is 1. The second-order valence-corrected chi connectivity index (χ2v) is 15.8. The van der Waals surface area contributed by atoms with Gasteiger partial charge in [-0.3, -0.25) is 9.59 Å². The number of ether oxygens (including phenoxy) is 1. The molecule has 0 saturated heterocycles. The Labute approximate surface area is 214 Å². The maximum absolute atomic E-state index is 12.9. The van der Waals surface area contributed by atoms with Crippen molar-refractivity contribution in [3.8, 4) is 0 Å². The van der Waals surface area contributed by atoms with Gasteiger partial charge in [0.15, 0.2) is 0 Å². The molecule has 0 heterocycles. The van der Waals surface area contributed by atoms with Crippen molar-refractivity contribution < 1.29 is 14.3 Å². The molecule has 5 fully saturated rings. The van der Waals surface area contributed by atoms with E-state index in [2.05, 4.69) is 48.5 Å². The number of ketones is 1. The molecular weight excluding hydrogens is 432 g/mol. The van der Waals surface area contributed by atoms with Crippen molar-refractivity contribution in [2.45, 2.75) is 126 Å². The molecule has 0 N–H and O–H groups in total. The van der Waals surface area contributed by atoms with E-state index in [4.69, 9.17) is 4.74 Å². The highest BCUT2D eigenvalue weighted by Gasteiger charge is 2.72. The van der Waals surface area contributed by atoms with Gasteiger partial charge in [-0.1, -0.05) is 48.5 Å². The van der Waals surface area contributed by atoms with Crippen molar-refractivity contribution in [2.75, 3.05) is 6.61 Å². The second kappa shape index (κ2) is 7.83. The van der Waals surface area contributed by atoms with Crippen LogP contribution in [0.25, 0.3) is 0 Å². The van der Waals surface area contributed by atoms with E-state index < -0.39 is 0 Å². The molecule has 0 aliphatic heterocycles. The van der Waals surface area contributed by atoms with Gasteiger partial charge in [0, 0.05) is 24.7 Å². The van der Waals surface area contributed by atoms with Gasteiger partial charge < -0.3 is 4.74 Å². The van der Waals surface area contributed by atoms with Crippen LogP contribution >= 0.6 is 0 Å². The highest BCUT2D eigenvalue weighted by Crippen LogP contribution is 2.78. The summed E-state index contributed by atoms with van der Waals surface area (Å²) in [7, 11) is 0. The molecule has 0 aromatic rings. The van der Waals surface area contributed by atoms with Gasteiger partial charge >= 0.3 is 5.97 Å². The standard InChI is InChI=1S/C32H52O3/c1-21-23(34)9-10-24-29(21,6)12-11-25-30(7)16-15-28(5)14-13-27(3,4)19-26(28)31(30,8)17-18-32(24,25)20-35-22(2)33/h21,24-26H,9-20H2,1-8H3. The van der Waals surface area contributed by atoms with Crippen molar-refractivity contribution in [1.82, 2.24) is 0 Å². The minimum Gasteiger partial charge on any atom is -0.465 e. The van der Waals surface area contributed by atoms with Gasteiger partial charge in [0.25, 0.3) is 0 Å². The lowest BCUT2D eigenvalue weighted by molar-refractivity contribution is -0.269. The molecule has 5 aliphatic carbocycles. The van der Waals surface area contributed by atoms with Crippen LogP contribution in [0.1, 0.15) is 126 Å². The van der Waals surface area contributed by atoms with Crippen LogP contribution in [0.5, 0.6) is 0 Å². The average Bonchev–Trinajstić information content (AvgIpc) is 2.78. The Kier molecular flexibility index (Phi) is 5.76. The molecule has 0 aromatic heterocycles. The Morgan fingerprint density at radius 2 is 1.46 bits per heavy atom. The van der Waals surface area contributed by atoms with E-state index in [0.717, 1.165) is 25.2 Å². The first-order valence-corrected chi connectivity index (χ1v) is 14.8. The Hall–Kier alpha value is -0.860. The highest BCUT2D eigenvalue weighted by atomic mass is 16.5. The van der Waals surface area contributed by atoms with Gasteiger partial charge in [0.1, 0.15) is 5.78 Å². The Morgan fingerprint density at radius 3 is 2.14 bits per heavy atom. The molecule has 5 aliphatic rings. The summed E-state index contributed by atoms with van der Waals surface area (Å²) in [6, 6.07) is 0. The summed E-state index contributed by atoms with van der Waals surface area (Å²) < 4.78 is 5.99. The molecule has 0 aromatic carbocycles. The van der Waals surface area contributed by atoms with Gasteiger partial charge in [0.05, 0.1) is 6.61 Å². The zero-order chi connectivity index (χ0) is 25.7. The van der Waals surface area contributed by atoms with Gasteiger partial charge in [-0.25, -0.2) is 0 Å². The van der Waals surface area contributed by atoms with E-state index in [-0.39, 0.29) is 28.1 Å². The van der Waals surface area contributed by atoms with Crippen molar-refractivity contribution in [3.05, 3.63) is 0 Å². The Balaban J connectivity index is 1.59. The fraction of sp³-hybridized carbons (Fsp3) is 0.938. The van der Waals surface area contributed by atoms with Crippen molar-refractivity contribution >= 4 is 11.8 Å². The third-order valence-corrected chi connectivity index (χ3v) is 14.0. The average molecular weight is 485 g/mol. The van der Waals surface area contributed by atoms with Gasteiger partial charge in [0.2, 0.25) is 0 Å². The smallest absolute Gasteiger partial charge is 0.302 e. The molecule has 0 spiro atoms. The molecule has 9 atom stereocenters. The van der Waals surface area contributed by atoms with E-state index in [0.29, 0.717) is 46.9 Å². The minimum atomic E-state index is -0.144. The van der Waals surface area contributed by atoms with Crippen LogP contribution in [0.4, 0.5) is 0 Å². The predicted molar refractivity (Wildman–Crippen MR) is 141 cm³/mol. The maximum Gasteiger partial charge on any atom is 0.302 e. The lowest BCUT2D eigenvalue weighted by atomic mass is 9.30. The largest absolute Gasteiger partial charge is 0.465 e. The maximum atomic E-state index is 12.9. The first-order chi connectivity index (χ1) is 16.1. The van der Waals surface area contributed by atoms with Crippen molar-refractivity contribution in [1.29, 1.82) is 0 Å². The first kappa shape index (κ1) is 25.8. The molecule has 35 heavy (non-hydrogen) atoms. The molecule has 5 saturated carbocycles. The molecule has 198 valence electrons. The summed E-state index contributed by atoms with van der Waals surface area (Å²) in [5, 5.41) is 0. The zero-order valence-corrected chi connectivity index (χ0v) is 24.0. The van der Waals surface area contributed by atoms with Crippen LogP contribution in [-0.4, -0.2) is 18.4 Å². The quantitative estimate of drug-likeness (QED) is 0.373. The number of carbonyl (C=O) groups excluding carboxylic acids is 2. The fourth-order valence-electron chi connectivity index (χ4n) is 11.4. The molecule has 0 bridgehead atoms.